The van der Waals surface area contributed by atoms with Gasteiger partial charge in [0.2, 0.25) is 11.8 Å². The predicted molar refractivity (Wildman–Crippen MR) is 102 cm³/mol. The van der Waals surface area contributed by atoms with Gasteiger partial charge in [-0.3, -0.25) is 18.1 Å². The molecule has 0 saturated carbocycles. The fraction of sp³-hybridized carbons (Fsp3) is 0.688. The maximum Gasteiger partial charge on any atom is 0.475 e. The van der Waals surface area contributed by atoms with E-state index in [-0.39, 0.29) is 29.6 Å². The molecule has 0 spiro atoms. The summed E-state index contributed by atoms with van der Waals surface area (Å²) in [5.41, 5.74) is 3.63. The molecule has 5 atom stereocenters. The van der Waals surface area contributed by atoms with Crippen LogP contribution in [-0.4, -0.2) is 66.9 Å². The summed E-state index contributed by atoms with van der Waals surface area (Å²) in [6.07, 6.45) is -4.84. The Morgan fingerprint density at radius 1 is 1.50 bits per heavy atom. The molecule has 30 heavy (non-hydrogen) atoms. The monoisotopic (exact) mass is 449 g/mol. The molecule has 1 aliphatic heterocycles. The second-order valence-corrected chi connectivity index (χ2v) is 8.76. The third-order valence-electron chi connectivity index (χ3n) is 4.35. The summed E-state index contributed by atoms with van der Waals surface area (Å²) >= 11 is 0. The molecular weight excluding hydrogens is 424 g/mol. The normalized spacial score (nSPS) is 27.9. The average Bonchev–Trinajstić information content (AvgIpc) is 3.06. The van der Waals surface area contributed by atoms with E-state index in [9.17, 15) is 19.2 Å². The molecule has 0 amide bonds. The van der Waals surface area contributed by atoms with E-state index in [0.717, 1.165) is 17.8 Å². The highest BCUT2D eigenvalue weighted by atomic mass is 31.2. The third kappa shape index (κ3) is 4.27. The molecule has 2 aromatic rings. The van der Waals surface area contributed by atoms with Crippen molar-refractivity contribution in [3.63, 3.8) is 0 Å². The van der Waals surface area contributed by atoms with Crippen LogP contribution < -0.4 is 10.5 Å². The van der Waals surface area contributed by atoms with E-state index in [1.54, 1.807) is 20.8 Å². The Kier molecular flexibility index (Phi) is 6.33. The lowest BCUT2D eigenvalue weighted by Crippen LogP contribution is -2.55. The van der Waals surface area contributed by atoms with E-state index >= 15 is 0 Å². The number of rotatable bonds is 7. The highest BCUT2D eigenvalue weighted by molar-refractivity contribution is 7.48. The van der Waals surface area contributed by atoms with Crippen LogP contribution in [-0.2, 0) is 18.1 Å². The van der Waals surface area contributed by atoms with Gasteiger partial charge in [-0.1, -0.05) is 0 Å². The fourth-order valence-electron chi connectivity index (χ4n) is 3.02. The van der Waals surface area contributed by atoms with Crippen molar-refractivity contribution in [1.82, 2.24) is 19.5 Å². The number of phosphoric acid groups is 1. The number of halogens is 1. The van der Waals surface area contributed by atoms with Gasteiger partial charge < -0.3 is 20.7 Å². The molecule has 1 saturated heterocycles. The Morgan fingerprint density at radius 3 is 2.83 bits per heavy atom. The maximum atomic E-state index is 14.6. The van der Waals surface area contributed by atoms with Gasteiger partial charge in [0.15, 0.2) is 23.6 Å². The summed E-state index contributed by atoms with van der Waals surface area (Å²) in [7, 11) is -4.15. The zero-order chi connectivity index (χ0) is 22.3. The first-order chi connectivity index (χ1) is 14.0. The van der Waals surface area contributed by atoms with Crippen molar-refractivity contribution in [1.29, 1.82) is 0 Å². The van der Waals surface area contributed by atoms with Crippen molar-refractivity contribution in [2.45, 2.75) is 57.9 Å². The maximum absolute atomic E-state index is 14.6. The van der Waals surface area contributed by atoms with Crippen LogP contribution in [0.2, 0.25) is 0 Å². The van der Waals surface area contributed by atoms with Gasteiger partial charge >= 0.3 is 7.82 Å². The Balaban J connectivity index is 1.97. The molecule has 0 aliphatic carbocycles. The minimum absolute atomic E-state index is 0.0443. The van der Waals surface area contributed by atoms with Crippen LogP contribution in [0.4, 0.5) is 10.3 Å². The van der Waals surface area contributed by atoms with E-state index in [1.807, 2.05) is 0 Å². The zero-order valence-electron chi connectivity index (χ0n) is 16.9. The van der Waals surface area contributed by atoms with Crippen molar-refractivity contribution < 1.29 is 37.5 Å². The quantitative estimate of drug-likeness (QED) is 0.522. The van der Waals surface area contributed by atoms with Gasteiger partial charge in [-0.15, -0.1) is 0 Å². The molecule has 0 bridgehead atoms. The van der Waals surface area contributed by atoms with Gasteiger partial charge in [-0.2, -0.15) is 9.97 Å². The number of hydrogen-bond acceptors (Lipinski definition) is 11. The van der Waals surface area contributed by atoms with Crippen LogP contribution in [0.5, 0.6) is 5.88 Å². The molecular formula is C16H25FN5O7P. The van der Waals surface area contributed by atoms with Gasteiger partial charge in [0, 0.05) is 0 Å². The first-order valence-electron chi connectivity index (χ1n) is 9.27. The van der Waals surface area contributed by atoms with Crippen LogP contribution in [0.25, 0.3) is 11.2 Å². The molecule has 0 radical (unpaired) electrons. The summed E-state index contributed by atoms with van der Waals surface area (Å²) in [6.45, 7) is 5.68. The molecule has 4 N–H and O–H groups in total. The number of aliphatic hydroxyl groups excluding tert-OH is 1. The second-order valence-electron chi connectivity index (χ2n) is 7.18. The zero-order valence-corrected chi connectivity index (χ0v) is 17.8. The van der Waals surface area contributed by atoms with Crippen LogP contribution >= 0.6 is 7.82 Å². The lowest BCUT2D eigenvalue weighted by atomic mass is 9.93. The van der Waals surface area contributed by atoms with Crippen molar-refractivity contribution in [3.8, 4) is 5.88 Å². The first kappa shape index (κ1) is 22.8. The molecule has 3 heterocycles. The lowest BCUT2D eigenvalue weighted by molar-refractivity contribution is -0.191. The van der Waals surface area contributed by atoms with Crippen molar-refractivity contribution in [3.05, 3.63) is 6.33 Å². The number of hydrogen-bond donors (Lipinski definition) is 3. The van der Waals surface area contributed by atoms with Crippen LogP contribution in [0.3, 0.4) is 0 Å². The Hall–Kier alpha value is -1.89. The number of nitrogens with zero attached hydrogens (tertiary/aromatic N) is 4. The van der Waals surface area contributed by atoms with Gasteiger partial charge in [-0.25, -0.2) is 13.9 Å². The lowest BCUT2D eigenvalue weighted by Gasteiger charge is -2.41. The number of ether oxygens (including phenoxy) is 1. The summed E-state index contributed by atoms with van der Waals surface area (Å²) in [5.74, 6) is -0.0637. The van der Waals surface area contributed by atoms with Gasteiger partial charge in [-0.05, 0) is 27.7 Å². The molecule has 168 valence electrons. The molecule has 1 fully saturated rings. The molecule has 5 unspecified atom stereocenters. The minimum atomic E-state index is -4.15. The molecule has 14 heteroatoms. The fourth-order valence-corrected chi connectivity index (χ4v) is 4.66. The summed E-state index contributed by atoms with van der Waals surface area (Å²) in [4.78, 5) is 12.1. The van der Waals surface area contributed by atoms with Crippen molar-refractivity contribution >= 4 is 24.9 Å². The topological polar surface area (TPSA) is 164 Å². The SMILES string of the molecule is CCOc1nc(N)nc2c1ncn2C(O)C(C)(O)C1OP(=O)(OC(C)C)OCC1F. The smallest absolute Gasteiger partial charge is 0.475 e. The number of fused-ring (bicyclic) bond motifs is 1. The number of phosphoric ester groups is 1. The molecule has 1 aliphatic rings. The van der Waals surface area contributed by atoms with E-state index in [4.69, 9.17) is 24.0 Å². The first-order valence-corrected chi connectivity index (χ1v) is 10.7. The number of imidazole rings is 1. The van der Waals surface area contributed by atoms with E-state index in [0.29, 0.717) is 0 Å². The molecule has 2 aromatic heterocycles. The van der Waals surface area contributed by atoms with E-state index in [1.165, 1.54) is 0 Å². The third-order valence-corrected chi connectivity index (χ3v) is 5.98. The predicted octanol–water partition coefficient (Wildman–Crippen LogP) is 1.34. The Labute approximate surface area is 171 Å². The summed E-state index contributed by atoms with van der Waals surface area (Å²) in [6, 6.07) is 0. The van der Waals surface area contributed by atoms with Crippen LogP contribution in [0.1, 0.15) is 33.9 Å². The second kappa shape index (κ2) is 8.33. The summed E-state index contributed by atoms with van der Waals surface area (Å²) in [5, 5.41) is 21.9. The van der Waals surface area contributed by atoms with E-state index in [2.05, 4.69) is 15.0 Å². The van der Waals surface area contributed by atoms with E-state index < -0.39 is 44.6 Å². The molecule has 3 rings (SSSR count). The Morgan fingerprint density at radius 2 is 2.20 bits per heavy atom. The highest BCUT2D eigenvalue weighted by Crippen LogP contribution is 2.56. The Bertz CT molecular complexity index is 955. The number of anilines is 1. The average molecular weight is 449 g/mol. The standard InChI is InChI=1S/C16H25FN5O7P/c1-5-26-13-10-12(20-15(18)21-13)22(7-19-10)14(23)16(4,24)11-9(17)6-27-30(25,29-11)28-8(2)3/h7-9,11,14,23-24H,5-6H2,1-4H3,(H2,18,20,21). The minimum Gasteiger partial charge on any atom is -0.476 e. The highest BCUT2D eigenvalue weighted by Gasteiger charge is 2.53. The number of alkyl halides is 1. The number of nitrogens with two attached hydrogens (primary N) is 1. The van der Waals surface area contributed by atoms with Gasteiger partial charge in [0.1, 0.15) is 11.7 Å². The van der Waals surface area contributed by atoms with Crippen molar-refractivity contribution in [2.24, 2.45) is 0 Å². The van der Waals surface area contributed by atoms with Crippen molar-refractivity contribution in [2.75, 3.05) is 18.9 Å². The van der Waals surface area contributed by atoms with Gasteiger partial charge in [0.25, 0.3) is 0 Å². The number of nitrogen functional groups attached to an aromatic ring is 1. The number of aliphatic hydroxyl groups is 2. The number of aromatic nitrogens is 4. The van der Waals surface area contributed by atoms with Crippen LogP contribution in [0, 0.1) is 0 Å². The summed E-state index contributed by atoms with van der Waals surface area (Å²) < 4.78 is 48.8. The molecule has 12 nitrogen and oxygen atoms in total. The largest absolute Gasteiger partial charge is 0.476 e. The van der Waals surface area contributed by atoms with Gasteiger partial charge in [0.05, 0.1) is 25.6 Å². The van der Waals surface area contributed by atoms with Crippen LogP contribution in [0.15, 0.2) is 6.33 Å². The molecule has 0 aromatic carbocycles.